The highest BCUT2D eigenvalue weighted by Crippen LogP contribution is 2.34. The first-order chi connectivity index (χ1) is 8.77. The Morgan fingerprint density at radius 2 is 1.78 bits per heavy atom. The lowest BCUT2D eigenvalue weighted by Gasteiger charge is -2.26. The summed E-state index contributed by atoms with van der Waals surface area (Å²) in [7, 11) is 0. The van der Waals surface area contributed by atoms with Crippen LogP contribution in [0.15, 0.2) is 48.5 Å². The molecule has 18 heavy (non-hydrogen) atoms. The first-order valence-electron chi connectivity index (χ1n) is 6.08. The van der Waals surface area contributed by atoms with Crippen LogP contribution in [-0.4, -0.2) is 6.54 Å². The smallest absolute Gasteiger partial charge is 0.0646 e. The van der Waals surface area contributed by atoms with E-state index in [2.05, 4.69) is 24.0 Å². The van der Waals surface area contributed by atoms with Crippen molar-refractivity contribution in [1.82, 2.24) is 0 Å². The second-order valence-corrected chi connectivity index (χ2v) is 4.44. The third-order valence-electron chi connectivity index (χ3n) is 2.94. The van der Waals surface area contributed by atoms with Crippen molar-refractivity contribution < 1.29 is 0 Å². The first-order valence-corrected chi connectivity index (χ1v) is 6.45. The second kappa shape index (κ2) is 5.89. The van der Waals surface area contributed by atoms with E-state index in [0.717, 1.165) is 28.5 Å². The van der Waals surface area contributed by atoms with Crippen molar-refractivity contribution in [3.8, 4) is 0 Å². The van der Waals surface area contributed by atoms with Crippen LogP contribution in [0.4, 0.5) is 11.4 Å². The largest absolute Gasteiger partial charge is 0.340 e. The predicted molar refractivity (Wildman–Crippen MR) is 78.5 cm³/mol. The summed E-state index contributed by atoms with van der Waals surface area (Å²) in [6.07, 6.45) is 0. The van der Waals surface area contributed by atoms with Crippen LogP contribution >= 0.6 is 11.6 Å². The highest BCUT2D eigenvalue weighted by Gasteiger charge is 2.14. The van der Waals surface area contributed by atoms with Gasteiger partial charge in [0.05, 0.1) is 10.7 Å². The second-order valence-electron chi connectivity index (χ2n) is 4.03. The Bertz CT molecular complexity index is 511. The minimum atomic E-state index is 0.485. The Morgan fingerprint density at radius 3 is 2.39 bits per heavy atom. The third-order valence-corrected chi connectivity index (χ3v) is 3.25. The van der Waals surface area contributed by atoms with E-state index in [4.69, 9.17) is 17.3 Å². The number of nitrogens with two attached hydrogens (primary N) is 1. The van der Waals surface area contributed by atoms with Gasteiger partial charge in [-0.25, -0.2) is 0 Å². The lowest BCUT2D eigenvalue weighted by molar-refractivity contribution is 0.984. The number of halogens is 1. The van der Waals surface area contributed by atoms with E-state index >= 15 is 0 Å². The lowest BCUT2D eigenvalue weighted by atomic mass is 10.1. The Kier molecular flexibility index (Phi) is 4.24. The van der Waals surface area contributed by atoms with Gasteiger partial charge in [0.2, 0.25) is 0 Å². The van der Waals surface area contributed by atoms with Crippen molar-refractivity contribution in [3.05, 3.63) is 59.1 Å². The molecule has 0 spiro atoms. The van der Waals surface area contributed by atoms with E-state index in [1.165, 1.54) is 0 Å². The number of anilines is 2. The van der Waals surface area contributed by atoms with Gasteiger partial charge in [-0.2, -0.15) is 0 Å². The van der Waals surface area contributed by atoms with Crippen LogP contribution in [0.3, 0.4) is 0 Å². The van der Waals surface area contributed by atoms with Crippen LogP contribution in [0.2, 0.25) is 5.02 Å². The van der Waals surface area contributed by atoms with Gasteiger partial charge in [-0.3, -0.25) is 0 Å². The maximum atomic E-state index is 6.33. The molecule has 2 aromatic rings. The number of para-hydroxylation sites is 2. The molecule has 0 unspecified atom stereocenters. The summed E-state index contributed by atoms with van der Waals surface area (Å²) in [5.74, 6) is 0. The van der Waals surface area contributed by atoms with E-state index in [0.29, 0.717) is 6.54 Å². The van der Waals surface area contributed by atoms with Crippen molar-refractivity contribution in [2.75, 3.05) is 11.4 Å². The van der Waals surface area contributed by atoms with Crippen molar-refractivity contribution in [2.45, 2.75) is 13.5 Å². The average molecular weight is 261 g/mol. The topological polar surface area (TPSA) is 29.3 Å². The van der Waals surface area contributed by atoms with Gasteiger partial charge in [-0.05, 0) is 30.7 Å². The number of hydrogen-bond donors (Lipinski definition) is 1. The molecule has 2 aromatic carbocycles. The number of nitrogens with zero attached hydrogens (tertiary/aromatic N) is 1. The van der Waals surface area contributed by atoms with Crippen molar-refractivity contribution in [3.63, 3.8) is 0 Å². The molecule has 0 fully saturated rings. The maximum absolute atomic E-state index is 6.33. The Morgan fingerprint density at radius 1 is 1.06 bits per heavy atom. The molecular formula is C15H17ClN2. The fourth-order valence-electron chi connectivity index (χ4n) is 2.10. The van der Waals surface area contributed by atoms with Gasteiger partial charge in [0.1, 0.15) is 0 Å². The van der Waals surface area contributed by atoms with E-state index in [-0.39, 0.29) is 0 Å². The Hall–Kier alpha value is -1.51. The summed E-state index contributed by atoms with van der Waals surface area (Å²) in [6, 6.07) is 16.1. The number of hydrogen-bond acceptors (Lipinski definition) is 2. The molecule has 0 bridgehead atoms. The molecule has 3 heteroatoms. The van der Waals surface area contributed by atoms with Crippen LogP contribution in [0.1, 0.15) is 12.5 Å². The molecular weight excluding hydrogens is 244 g/mol. The molecule has 0 aromatic heterocycles. The summed E-state index contributed by atoms with van der Waals surface area (Å²) in [5.41, 5.74) is 9.01. The number of rotatable bonds is 4. The zero-order chi connectivity index (χ0) is 13.0. The molecule has 0 aliphatic rings. The molecule has 0 aliphatic heterocycles. The summed E-state index contributed by atoms with van der Waals surface area (Å²) in [4.78, 5) is 2.19. The van der Waals surface area contributed by atoms with Gasteiger partial charge < -0.3 is 10.6 Å². The average Bonchev–Trinajstić information content (AvgIpc) is 2.42. The van der Waals surface area contributed by atoms with Crippen molar-refractivity contribution in [1.29, 1.82) is 0 Å². The third kappa shape index (κ3) is 2.50. The van der Waals surface area contributed by atoms with Crippen LogP contribution in [0.5, 0.6) is 0 Å². The molecule has 0 aliphatic carbocycles. The molecule has 0 heterocycles. The fraction of sp³-hybridized carbons (Fsp3) is 0.200. The van der Waals surface area contributed by atoms with Crippen molar-refractivity contribution >= 4 is 23.0 Å². The highest BCUT2D eigenvalue weighted by atomic mass is 35.5. The Labute approximate surface area is 113 Å². The molecule has 2 N–H and O–H groups in total. The molecule has 0 saturated carbocycles. The van der Waals surface area contributed by atoms with Gasteiger partial charge in [-0.1, -0.05) is 41.9 Å². The molecule has 0 atom stereocenters. The normalized spacial score (nSPS) is 10.4. The van der Waals surface area contributed by atoms with Crippen LogP contribution in [-0.2, 0) is 6.54 Å². The quantitative estimate of drug-likeness (QED) is 0.902. The molecule has 2 nitrogen and oxygen atoms in total. The SMILES string of the molecule is CCN(c1ccccc1)c1c(Cl)cccc1CN. The standard InChI is InChI=1S/C15H17ClN2/c1-2-18(13-8-4-3-5-9-13)15-12(11-17)7-6-10-14(15)16/h3-10H,2,11,17H2,1H3. The Balaban J connectivity index is 2.52. The molecule has 0 saturated heterocycles. The van der Waals surface area contributed by atoms with Crippen molar-refractivity contribution in [2.24, 2.45) is 5.73 Å². The minimum Gasteiger partial charge on any atom is -0.340 e. The van der Waals surface area contributed by atoms with E-state index in [9.17, 15) is 0 Å². The summed E-state index contributed by atoms with van der Waals surface area (Å²) < 4.78 is 0. The molecule has 0 amide bonds. The van der Waals surface area contributed by atoms with E-state index in [1.54, 1.807) is 0 Å². The van der Waals surface area contributed by atoms with Gasteiger partial charge in [0.15, 0.2) is 0 Å². The van der Waals surface area contributed by atoms with Gasteiger partial charge >= 0.3 is 0 Å². The van der Waals surface area contributed by atoms with Gasteiger partial charge in [-0.15, -0.1) is 0 Å². The summed E-state index contributed by atoms with van der Waals surface area (Å²) in [5, 5.41) is 0.739. The van der Waals surface area contributed by atoms with E-state index in [1.807, 2.05) is 36.4 Å². The first kappa shape index (κ1) is 12.9. The zero-order valence-corrected chi connectivity index (χ0v) is 11.2. The molecule has 94 valence electrons. The lowest BCUT2D eigenvalue weighted by Crippen LogP contribution is -2.19. The minimum absolute atomic E-state index is 0.485. The summed E-state index contributed by atoms with van der Waals surface area (Å²) >= 11 is 6.33. The highest BCUT2D eigenvalue weighted by molar-refractivity contribution is 6.33. The number of benzene rings is 2. The van der Waals surface area contributed by atoms with Crippen LogP contribution in [0, 0.1) is 0 Å². The summed E-state index contributed by atoms with van der Waals surface area (Å²) in [6.45, 7) is 3.44. The fourth-order valence-corrected chi connectivity index (χ4v) is 2.40. The van der Waals surface area contributed by atoms with Gasteiger partial charge in [0, 0.05) is 18.8 Å². The monoisotopic (exact) mass is 260 g/mol. The molecule has 2 rings (SSSR count). The predicted octanol–water partition coefficient (Wildman–Crippen LogP) is 3.96. The molecule has 0 radical (unpaired) electrons. The van der Waals surface area contributed by atoms with E-state index < -0.39 is 0 Å². The van der Waals surface area contributed by atoms with Gasteiger partial charge in [0.25, 0.3) is 0 Å². The maximum Gasteiger partial charge on any atom is 0.0646 e. The van der Waals surface area contributed by atoms with Crippen LogP contribution in [0.25, 0.3) is 0 Å². The van der Waals surface area contributed by atoms with Crippen LogP contribution < -0.4 is 10.6 Å². The zero-order valence-electron chi connectivity index (χ0n) is 10.4.